The van der Waals surface area contributed by atoms with Crippen molar-refractivity contribution in [1.82, 2.24) is 3.11 Å². The summed E-state index contributed by atoms with van der Waals surface area (Å²) in [4.78, 5) is 0. The molecule has 0 spiro atoms. The molecule has 0 radical (unpaired) electrons. The predicted molar refractivity (Wildman–Crippen MR) is 43.1 cm³/mol. The van der Waals surface area contributed by atoms with Gasteiger partial charge >= 0.3 is 0 Å². The van der Waals surface area contributed by atoms with Crippen molar-refractivity contribution in [2.75, 3.05) is 13.1 Å². The zero-order chi connectivity index (χ0) is 6.85. The van der Waals surface area contributed by atoms with Crippen LogP contribution in [0.4, 0.5) is 4.39 Å². The van der Waals surface area contributed by atoms with Crippen LogP contribution in [-0.2, 0) is 0 Å². The van der Waals surface area contributed by atoms with Gasteiger partial charge < -0.3 is 5.73 Å². The van der Waals surface area contributed by atoms with Crippen molar-refractivity contribution in [3.63, 3.8) is 0 Å². The Bertz CT molecular complexity index is 75.9. The third kappa shape index (κ3) is 2.35. The SMILES string of the molecule is NC1CC(F)CN(I)C1. The quantitative estimate of drug-likeness (QED) is 0.502. The van der Waals surface area contributed by atoms with Gasteiger partial charge in [0, 0.05) is 42.0 Å². The zero-order valence-electron chi connectivity index (χ0n) is 5.06. The van der Waals surface area contributed by atoms with Gasteiger partial charge in [0.2, 0.25) is 0 Å². The molecule has 2 atom stereocenters. The molecule has 54 valence electrons. The number of nitrogens with zero attached hydrogens (tertiary/aromatic N) is 1. The summed E-state index contributed by atoms with van der Waals surface area (Å²) in [5.41, 5.74) is 5.53. The monoisotopic (exact) mass is 244 g/mol. The Kier molecular flexibility index (Phi) is 2.66. The molecule has 1 rings (SSSR count). The molecule has 0 saturated carbocycles. The first-order chi connectivity index (χ1) is 4.18. The molecule has 1 heterocycles. The van der Waals surface area contributed by atoms with Crippen molar-refractivity contribution in [3.05, 3.63) is 0 Å². The van der Waals surface area contributed by atoms with Gasteiger partial charge in [-0.2, -0.15) is 0 Å². The Morgan fingerprint density at radius 1 is 1.56 bits per heavy atom. The Balaban J connectivity index is 2.34. The summed E-state index contributed by atoms with van der Waals surface area (Å²) >= 11 is 2.10. The standard InChI is InChI=1S/C5H10FIN2/c6-4-1-5(8)3-9(7)2-4/h4-5H,1-3,8H2. The lowest BCUT2D eigenvalue weighted by atomic mass is 10.1. The van der Waals surface area contributed by atoms with Gasteiger partial charge in [-0.3, -0.25) is 0 Å². The molecule has 2 N–H and O–H groups in total. The van der Waals surface area contributed by atoms with E-state index in [0.29, 0.717) is 13.0 Å². The molecule has 9 heavy (non-hydrogen) atoms. The van der Waals surface area contributed by atoms with E-state index in [1.165, 1.54) is 0 Å². The normalized spacial score (nSPS) is 39.0. The summed E-state index contributed by atoms with van der Waals surface area (Å²) in [6.45, 7) is 1.36. The number of halogens is 2. The molecule has 1 saturated heterocycles. The minimum atomic E-state index is -0.717. The Morgan fingerprint density at radius 2 is 2.22 bits per heavy atom. The molecule has 1 aliphatic heterocycles. The molecule has 1 fully saturated rings. The third-order valence-electron chi connectivity index (χ3n) is 1.39. The van der Waals surface area contributed by atoms with Crippen molar-refractivity contribution in [2.45, 2.75) is 18.6 Å². The Labute approximate surface area is 68.1 Å². The van der Waals surface area contributed by atoms with Crippen molar-refractivity contribution < 1.29 is 4.39 Å². The molecule has 0 aromatic rings. The molecular weight excluding hydrogens is 234 g/mol. The molecule has 0 aromatic carbocycles. The molecule has 0 bridgehead atoms. The predicted octanol–water partition coefficient (Wildman–Crippen LogP) is 0.708. The first-order valence-electron chi connectivity index (χ1n) is 2.99. The van der Waals surface area contributed by atoms with E-state index in [2.05, 4.69) is 22.9 Å². The third-order valence-corrected chi connectivity index (χ3v) is 2.18. The number of hydrogen-bond acceptors (Lipinski definition) is 2. The Hall–Kier alpha value is 0.580. The lowest BCUT2D eigenvalue weighted by Crippen LogP contribution is -2.43. The highest BCUT2D eigenvalue weighted by atomic mass is 127. The van der Waals surface area contributed by atoms with Gasteiger partial charge in [0.15, 0.2) is 0 Å². The van der Waals surface area contributed by atoms with Gasteiger partial charge in [0.25, 0.3) is 0 Å². The summed E-state index contributed by atoms with van der Waals surface area (Å²) in [6.07, 6.45) is -0.190. The molecule has 0 aliphatic carbocycles. The number of hydrogen-bond donors (Lipinski definition) is 1. The van der Waals surface area contributed by atoms with E-state index >= 15 is 0 Å². The fourth-order valence-electron chi connectivity index (χ4n) is 1.02. The average molecular weight is 244 g/mol. The van der Waals surface area contributed by atoms with Crippen LogP contribution in [0.15, 0.2) is 0 Å². The van der Waals surface area contributed by atoms with Crippen LogP contribution in [0.1, 0.15) is 6.42 Å². The highest BCUT2D eigenvalue weighted by molar-refractivity contribution is 14.1. The van der Waals surface area contributed by atoms with Gasteiger partial charge in [-0.1, -0.05) is 0 Å². The molecule has 0 amide bonds. The lowest BCUT2D eigenvalue weighted by Gasteiger charge is -2.27. The first-order valence-corrected chi connectivity index (χ1v) is 3.95. The number of piperidine rings is 1. The molecule has 4 heteroatoms. The molecule has 2 nitrogen and oxygen atoms in total. The first kappa shape index (κ1) is 7.68. The van der Waals surface area contributed by atoms with Crippen molar-refractivity contribution in [3.8, 4) is 0 Å². The van der Waals surface area contributed by atoms with Crippen LogP contribution in [0.25, 0.3) is 0 Å². The van der Waals surface area contributed by atoms with E-state index in [1.54, 1.807) is 0 Å². The van der Waals surface area contributed by atoms with Gasteiger partial charge in [0.05, 0.1) is 0 Å². The minimum absolute atomic E-state index is 0.0330. The maximum absolute atomic E-state index is 12.6. The maximum atomic E-state index is 12.6. The Morgan fingerprint density at radius 3 is 2.67 bits per heavy atom. The zero-order valence-corrected chi connectivity index (χ0v) is 7.21. The van der Waals surface area contributed by atoms with E-state index in [9.17, 15) is 4.39 Å². The average Bonchev–Trinajstić information content (AvgIpc) is 1.59. The second kappa shape index (κ2) is 3.12. The second-order valence-corrected chi connectivity index (χ2v) is 3.79. The molecule has 0 aromatic heterocycles. The van der Waals surface area contributed by atoms with Crippen LogP contribution in [-0.4, -0.2) is 28.4 Å². The minimum Gasteiger partial charge on any atom is -0.326 e. The largest absolute Gasteiger partial charge is 0.326 e. The van der Waals surface area contributed by atoms with E-state index in [1.807, 2.05) is 3.11 Å². The summed E-state index contributed by atoms with van der Waals surface area (Å²) in [5, 5.41) is 0. The molecular formula is C5H10FIN2. The van der Waals surface area contributed by atoms with Crippen LogP contribution in [0.2, 0.25) is 0 Å². The van der Waals surface area contributed by atoms with Crippen LogP contribution >= 0.6 is 22.9 Å². The summed E-state index contributed by atoms with van der Waals surface area (Å²) in [5.74, 6) is 0. The van der Waals surface area contributed by atoms with Crippen LogP contribution in [0.5, 0.6) is 0 Å². The van der Waals surface area contributed by atoms with E-state index in [-0.39, 0.29) is 6.04 Å². The van der Waals surface area contributed by atoms with Crippen molar-refractivity contribution >= 4 is 22.9 Å². The topological polar surface area (TPSA) is 29.3 Å². The summed E-state index contributed by atoms with van der Waals surface area (Å²) in [6, 6.07) is 0.0330. The van der Waals surface area contributed by atoms with E-state index in [0.717, 1.165) is 6.54 Å². The lowest BCUT2D eigenvalue weighted by molar-refractivity contribution is 0.206. The summed E-state index contributed by atoms with van der Waals surface area (Å²) < 4.78 is 14.5. The van der Waals surface area contributed by atoms with Crippen LogP contribution < -0.4 is 5.73 Å². The van der Waals surface area contributed by atoms with E-state index < -0.39 is 6.17 Å². The van der Waals surface area contributed by atoms with Crippen LogP contribution in [0.3, 0.4) is 0 Å². The maximum Gasteiger partial charge on any atom is 0.115 e. The fraction of sp³-hybridized carbons (Fsp3) is 1.00. The smallest absolute Gasteiger partial charge is 0.115 e. The second-order valence-electron chi connectivity index (χ2n) is 2.42. The molecule has 2 unspecified atom stereocenters. The van der Waals surface area contributed by atoms with Crippen molar-refractivity contribution in [2.24, 2.45) is 5.73 Å². The van der Waals surface area contributed by atoms with Crippen molar-refractivity contribution in [1.29, 1.82) is 0 Å². The number of alkyl halides is 1. The van der Waals surface area contributed by atoms with Gasteiger partial charge in [0.1, 0.15) is 6.17 Å². The van der Waals surface area contributed by atoms with Gasteiger partial charge in [-0.25, -0.2) is 7.50 Å². The number of rotatable bonds is 0. The summed E-state index contributed by atoms with van der Waals surface area (Å²) in [7, 11) is 0. The van der Waals surface area contributed by atoms with Gasteiger partial charge in [-0.05, 0) is 6.42 Å². The van der Waals surface area contributed by atoms with Crippen LogP contribution in [0, 0.1) is 0 Å². The molecule has 1 aliphatic rings. The van der Waals surface area contributed by atoms with Gasteiger partial charge in [-0.15, -0.1) is 0 Å². The highest BCUT2D eigenvalue weighted by Gasteiger charge is 2.22. The van der Waals surface area contributed by atoms with E-state index in [4.69, 9.17) is 5.73 Å². The highest BCUT2D eigenvalue weighted by Crippen LogP contribution is 2.14. The fourth-order valence-corrected chi connectivity index (χ4v) is 1.95. The number of nitrogens with two attached hydrogens (primary N) is 1.